The predicted octanol–water partition coefficient (Wildman–Crippen LogP) is 1.83. The van der Waals surface area contributed by atoms with Crippen molar-refractivity contribution >= 4 is 71.3 Å². The highest BCUT2D eigenvalue weighted by atomic mass is 16.7. The van der Waals surface area contributed by atoms with E-state index in [4.69, 9.17) is 75.8 Å². The van der Waals surface area contributed by atoms with Crippen molar-refractivity contribution in [3.05, 3.63) is 58.7 Å². The van der Waals surface area contributed by atoms with Crippen molar-refractivity contribution in [1.29, 1.82) is 0 Å². The summed E-state index contributed by atoms with van der Waals surface area (Å²) < 4.78 is 96.9. The maximum absolute atomic E-state index is 15.0. The van der Waals surface area contributed by atoms with E-state index in [1.807, 2.05) is 0 Å². The number of nitrogens with zero attached hydrogens (tertiary/aromatic N) is 2. The van der Waals surface area contributed by atoms with Crippen molar-refractivity contribution < 1.29 is 138 Å². The van der Waals surface area contributed by atoms with Gasteiger partial charge in [-0.2, -0.15) is 0 Å². The Labute approximate surface area is 471 Å². The molecule has 0 aliphatic carbocycles. The largest absolute Gasteiger partial charge is 0.493 e. The van der Waals surface area contributed by atoms with Gasteiger partial charge in [0.05, 0.1) is 57.3 Å². The molecule has 0 radical (unpaired) electrons. The van der Waals surface area contributed by atoms with Gasteiger partial charge in [0.25, 0.3) is 0 Å². The van der Waals surface area contributed by atoms with Crippen molar-refractivity contribution in [3.63, 3.8) is 0 Å². The lowest BCUT2D eigenvalue weighted by Crippen LogP contribution is -2.39. The number of carbonyl (C=O) groups is 11. The van der Waals surface area contributed by atoms with E-state index >= 15 is 4.79 Å². The van der Waals surface area contributed by atoms with Crippen LogP contribution in [0.3, 0.4) is 0 Å². The van der Waals surface area contributed by atoms with E-state index in [1.54, 1.807) is 0 Å². The van der Waals surface area contributed by atoms with Crippen LogP contribution in [0.2, 0.25) is 0 Å². The number of carbonyl (C=O) groups excluding carboxylic acids is 11. The van der Waals surface area contributed by atoms with Gasteiger partial charge in [0.15, 0.2) is 34.3 Å². The van der Waals surface area contributed by atoms with E-state index in [1.165, 1.54) is 69.4 Å². The first-order valence-electron chi connectivity index (χ1n) is 24.5. The molecule has 0 fully saturated rings. The lowest BCUT2D eigenvalue weighted by molar-refractivity contribution is -0.170. The smallest absolute Gasteiger partial charge is 0.344 e. The fourth-order valence-corrected chi connectivity index (χ4v) is 7.58. The second-order valence-electron chi connectivity index (χ2n) is 16.9. The summed E-state index contributed by atoms with van der Waals surface area (Å²) in [6, 6.07) is 8.35. The van der Waals surface area contributed by atoms with E-state index in [-0.39, 0.29) is 87.9 Å². The standard InChI is InChI=1S/C52H58N2O29/c1-29(55)70-23-76-43-17-39-36(15-41(43)66-7)52(37-16-42(67-8)44(18-40(37)82-39)77-24-71-30(2)56)35-9-10-38(54(21-47(63)80-27-74-33(5)59)22-48(64)81-28-75-34(6)60)50(49(35)51(65)83-52)69-14-13-68-12-11-53(19-45(61)78-25-72-31(3)57)20-46(62)79-26-73-32(4)58/h9-10,15-18H,11-14,19-28H2,1-8H3. The summed E-state index contributed by atoms with van der Waals surface area (Å²) in [5.74, 6) is -9.79. The van der Waals surface area contributed by atoms with Crippen molar-refractivity contribution in [3.8, 4) is 40.2 Å². The number of fused-ring (bicyclic) bond motifs is 6. The van der Waals surface area contributed by atoms with Crippen LogP contribution in [-0.2, 0) is 110 Å². The first-order chi connectivity index (χ1) is 39.6. The number of hydrogen-bond donors (Lipinski definition) is 0. The molecule has 31 heteroatoms. The van der Waals surface area contributed by atoms with Gasteiger partial charge in [-0.1, -0.05) is 6.07 Å². The van der Waals surface area contributed by atoms with Crippen LogP contribution in [0.1, 0.15) is 68.6 Å². The minimum atomic E-state index is -2.06. The molecule has 0 N–H and O–H groups in total. The summed E-state index contributed by atoms with van der Waals surface area (Å²) in [5, 5.41) is 0. The van der Waals surface area contributed by atoms with Crippen molar-refractivity contribution in [2.75, 3.05) is 112 Å². The molecule has 0 saturated carbocycles. The van der Waals surface area contributed by atoms with Crippen LogP contribution < -0.4 is 33.3 Å². The highest BCUT2D eigenvalue weighted by Gasteiger charge is 2.56. The summed E-state index contributed by atoms with van der Waals surface area (Å²) in [7, 11) is 2.61. The van der Waals surface area contributed by atoms with E-state index in [0.29, 0.717) is 0 Å². The van der Waals surface area contributed by atoms with Gasteiger partial charge in [-0.05, 0) is 18.2 Å². The molecule has 1 spiro atoms. The Morgan fingerprint density at radius 2 is 0.867 bits per heavy atom. The number of benzene rings is 3. The molecule has 0 atom stereocenters. The molecule has 5 rings (SSSR count). The summed E-state index contributed by atoms with van der Waals surface area (Å²) in [4.78, 5) is 138. The Morgan fingerprint density at radius 1 is 0.458 bits per heavy atom. The van der Waals surface area contributed by atoms with Crippen molar-refractivity contribution in [1.82, 2.24) is 4.90 Å². The molecule has 0 bridgehead atoms. The van der Waals surface area contributed by atoms with E-state index in [0.717, 1.165) is 32.6 Å². The van der Waals surface area contributed by atoms with Crippen molar-refractivity contribution in [2.45, 2.75) is 47.1 Å². The molecule has 31 nitrogen and oxygen atoms in total. The second kappa shape index (κ2) is 30.8. The molecule has 3 aromatic carbocycles. The van der Waals surface area contributed by atoms with Crippen LogP contribution in [0, 0.1) is 0 Å². The first-order valence-corrected chi connectivity index (χ1v) is 24.5. The lowest BCUT2D eigenvalue weighted by atomic mass is 9.77. The fraction of sp³-hybridized carbons (Fsp3) is 0.442. The van der Waals surface area contributed by atoms with Crippen LogP contribution in [0.25, 0.3) is 0 Å². The number of anilines is 1. The van der Waals surface area contributed by atoms with Gasteiger partial charge >= 0.3 is 65.7 Å². The molecule has 0 aromatic heterocycles. The molecular weight excluding hydrogens is 1120 g/mol. The Bertz CT molecular complexity index is 2770. The summed E-state index contributed by atoms with van der Waals surface area (Å²) in [5.41, 5.74) is -2.32. The summed E-state index contributed by atoms with van der Waals surface area (Å²) >= 11 is 0. The van der Waals surface area contributed by atoms with Crippen molar-refractivity contribution in [2.24, 2.45) is 0 Å². The quantitative estimate of drug-likeness (QED) is 0.0372. The Hall–Kier alpha value is -9.65. The number of methoxy groups -OCH3 is 2. The Kier molecular flexibility index (Phi) is 23.8. The van der Waals surface area contributed by atoms with Gasteiger partial charge in [-0.15, -0.1) is 0 Å². The average Bonchev–Trinajstić information content (AvgIpc) is 3.99. The zero-order valence-corrected chi connectivity index (χ0v) is 46.1. The Balaban J connectivity index is 1.63. The van der Waals surface area contributed by atoms with Gasteiger partial charge in [-0.25, -0.2) is 4.79 Å². The molecule has 2 aliphatic heterocycles. The van der Waals surface area contributed by atoms with Crippen LogP contribution in [0.15, 0.2) is 36.4 Å². The maximum atomic E-state index is 15.0. The minimum Gasteiger partial charge on any atom is -0.493 e. The van der Waals surface area contributed by atoms with E-state index in [2.05, 4.69) is 9.47 Å². The van der Waals surface area contributed by atoms with E-state index in [9.17, 15) is 47.9 Å². The van der Waals surface area contributed by atoms with Gasteiger partial charge in [0.1, 0.15) is 36.8 Å². The molecule has 2 heterocycles. The van der Waals surface area contributed by atoms with Crippen LogP contribution in [0.4, 0.5) is 5.69 Å². The van der Waals surface area contributed by atoms with Crippen LogP contribution in [0.5, 0.6) is 40.2 Å². The molecule has 0 unspecified atom stereocenters. The number of rotatable bonds is 32. The SMILES string of the molecule is COc1cc2c(cc1OCOC(C)=O)Oc1cc(OCOC(C)=O)c(OC)cc1C21OC(=O)c2c1ccc(N(CC(=O)OCOC(C)=O)CC(=O)OCOC(C)=O)c2OCCOCCN(CC(=O)OCOC(C)=O)CC(=O)OCOC(C)=O. The number of esters is 11. The zero-order chi connectivity index (χ0) is 60.8. The average molecular weight is 1180 g/mol. The predicted molar refractivity (Wildman–Crippen MR) is 268 cm³/mol. The Morgan fingerprint density at radius 3 is 1.28 bits per heavy atom. The lowest BCUT2D eigenvalue weighted by Gasteiger charge is -2.37. The topological polar surface area (TPSA) is 360 Å². The van der Waals surface area contributed by atoms with Crippen LogP contribution >= 0.6 is 0 Å². The molecular formula is C52H58N2O29. The maximum Gasteiger partial charge on any atom is 0.344 e. The third kappa shape index (κ3) is 18.4. The number of hydrogen-bond acceptors (Lipinski definition) is 31. The van der Waals surface area contributed by atoms with E-state index < -0.39 is 145 Å². The van der Waals surface area contributed by atoms with Gasteiger partial charge in [0, 0.05) is 65.8 Å². The molecule has 3 aromatic rings. The molecule has 450 valence electrons. The molecule has 0 amide bonds. The monoisotopic (exact) mass is 1170 g/mol. The summed E-state index contributed by atoms with van der Waals surface area (Å²) in [6.07, 6.45) is 0. The first kappa shape index (κ1) is 64.2. The third-order valence-electron chi connectivity index (χ3n) is 11.1. The fourth-order valence-electron chi connectivity index (χ4n) is 7.58. The minimum absolute atomic E-state index is 0.00630. The highest BCUT2D eigenvalue weighted by molar-refractivity contribution is 6.02. The normalized spacial score (nSPS) is 12.0. The summed E-state index contributed by atoms with van der Waals surface area (Å²) in [6.45, 7) is -1.45. The molecule has 0 saturated heterocycles. The van der Waals surface area contributed by atoms with Gasteiger partial charge in [0.2, 0.25) is 40.8 Å². The van der Waals surface area contributed by atoms with Gasteiger partial charge < -0.3 is 90.2 Å². The molecule has 83 heavy (non-hydrogen) atoms. The highest BCUT2D eigenvalue weighted by Crippen LogP contribution is 2.61. The zero-order valence-electron chi connectivity index (χ0n) is 46.1. The third-order valence-corrected chi connectivity index (χ3v) is 11.1. The molecule has 2 aliphatic rings. The second-order valence-corrected chi connectivity index (χ2v) is 16.9. The number of ether oxygens (including phenoxy) is 18. The van der Waals surface area contributed by atoms with Gasteiger partial charge in [-0.3, -0.25) is 52.8 Å². The van der Waals surface area contributed by atoms with Crippen LogP contribution in [-0.4, -0.2) is 178 Å².